The Labute approximate surface area is 161 Å². The maximum Gasteiger partial charge on any atom is 0.262 e. The van der Waals surface area contributed by atoms with Crippen LogP contribution in [0.1, 0.15) is 32.3 Å². The fourth-order valence-corrected chi connectivity index (χ4v) is 3.82. The van der Waals surface area contributed by atoms with Crippen molar-refractivity contribution in [3.8, 4) is 0 Å². The van der Waals surface area contributed by atoms with Crippen molar-refractivity contribution in [1.29, 1.82) is 0 Å². The standard InChI is InChI=1S/C20H18ClN3O3/c21-14-5-3-4-13(10-14)17-11-22-8-9-23(17)18(25)12-24-19(26)15-6-1-2-7-16(15)20(24)27/h1-7,10,17,22H,8-9,11-12H2. The average molecular weight is 384 g/mol. The minimum Gasteiger partial charge on any atom is -0.332 e. The molecule has 138 valence electrons. The first-order chi connectivity index (χ1) is 13.1. The summed E-state index contributed by atoms with van der Waals surface area (Å²) in [4.78, 5) is 40.8. The van der Waals surface area contributed by atoms with Crippen LogP contribution in [-0.4, -0.2) is 53.7 Å². The van der Waals surface area contributed by atoms with Crippen LogP contribution in [0.3, 0.4) is 0 Å². The summed E-state index contributed by atoms with van der Waals surface area (Å²) in [5.41, 5.74) is 1.62. The van der Waals surface area contributed by atoms with Crippen LogP contribution in [0.25, 0.3) is 0 Å². The second-order valence-corrected chi connectivity index (χ2v) is 7.04. The molecule has 3 amide bonds. The summed E-state index contributed by atoms with van der Waals surface area (Å²) in [6.45, 7) is 1.49. The second kappa shape index (κ2) is 7.13. The molecule has 1 saturated heterocycles. The van der Waals surface area contributed by atoms with E-state index in [-0.39, 0.29) is 18.5 Å². The molecule has 1 atom stereocenters. The fraction of sp³-hybridized carbons (Fsp3) is 0.250. The van der Waals surface area contributed by atoms with E-state index in [1.165, 1.54) is 0 Å². The quantitative estimate of drug-likeness (QED) is 0.824. The molecular weight excluding hydrogens is 366 g/mol. The Morgan fingerprint density at radius 1 is 1.07 bits per heavy atom. The lowest BCUT2D eigenvalue weighted by atomic mass is 10.0. The summed E-state index contributed by atoms with van der Waals surface area (Å²) < 4.78 is 0. The first-order valence-electron chi connectivity index (χ1n) is 8.77. The number of nitrogens with one attached hydrogen (secondary N) is 1. The van der Waals surface area contributed by atoms with Gasteiger partial charge >= 0.3 is 0 Å². The number of amides is 3. The molecule has 1 unspecified atom stereocenters. The van der Waals surface area contributed by atoms with Crippen LogP contribution in [0, 0.1) is 0 Å². The van der Waals surface area contributed by atoms with Crippen molar-refractivity contribution in [2.45, 2.75) is 6.04 Å². The summed E-state index contributed by atoms with van der Waals surface area (Å²) in [5, 5.41) is 3.88. The molecule has 4 rings (SSSR count). The minimum absolute atomic E-state index is 0.194. The van der Waals surface area contributed by atoms with Crippen LogP contribution < -0.4 is 5.32 Å². The zero-order chi connectivity index (χ0) is 19.0. The van der Waals surface area contributed by atoms with Gasteiger partial charge in [0.1, 0.15) is 6.54 Å². The number of piperazine rings is 1. The Morgan fingerprint density at radius 2 is 1.78 bits per heavy atom. The molecule has 1 N–H and O–H groups in total. The minimum atomic E-state index is -0.418. The molecule has 0 radical (unpaired) electrons. The monoisotopic (exact) mass is 383 g/mol. The maximum atomic E-state index is 13.0. The Balaban J connectivity index is 1.55. The van der Waals surface area contributed by atoms with E-state index < -0.39 is 11.8 Å². The Bertz CT molecular complexity index is 895. The van der Waals surface area contributed by atoms with Crippen LogP contribution in [-0.2, 0) is 4.79 Å². The maximum absolute atomic E-state index is 13.0. The van der Waals surface area contributed by atoms with E-state index in [9.17, 15) is 14.4 Å². The summed E-state index contributed by atoms with van der Waals surface area (Å²) in [5.74, 6) is -1.09. The van der Waals surface area contributed by atoms with E-state index in [1.807, 2.05) is 18.2 Å². The molecular formula is C20H18ClN3O3. The van der Waals surface area contributed by atoms with Gasteiger partial charge in [0.25, 0.3) is 11.8 Å². The fourth-order valence-electron chi connectivity index (χ4n) is 3.62. The van der Waals surface area contributed by atoms with E-state index in [4.69, 9.17) is 11.6 Å². The van der Waals surface area contributed by atoms with Gasteiger partial charge in [-0.2, -0.15) is 0 Å². The highest BCUT2D eigenvalue weighted by Crippen LogP contribution is 2.26. The van der Waals surface area contributed by atoms with Gasteiger partial charge in [0.15, 0.2) is 0 Å². The molecule has 2 aromatic rings. The highest BCUT2D eigenvalue weighted by atomic mass is 35.5. The molecule has 0 spiro atoms. The van der Waals surface area contributed by atoms with E-state index in [0.717, 1.165) is 10.5 Å². The number of halogens is 1. The molecule has 2 aliphatic heterocycles. The number of carbonyl (C=O) groups is 3. The van der Waals surface area contributed by atoms with Crippen molar-refractivity contribution in [3.63, 3.8) is 0 Å². The molecule has 2 heterocycles. The number of imide groups is 1. The SMILES string of the molecule is O=C1c2ccccc2C(=O)N1CC(=O)N1CCNCC1c1cccc(Cl)c1. The zero-order valence-electron chi connectivity index (χ0n) is 14.5. The number of fused-ring (bicyclic) bond motifs is 1. The number of nitrogens with zero attached hydrogens (tertiary/aromatic N) is 2. The third-order valence-electron chi connectivity index (χ3n) is 4.97. The first kappa shape index (κ1) is 17.7. The summed E-state index contributed by atoms with van der Waals surface area (Å²) >= 11 is 6.10. The van der Waals surface area contributed by atoms with Crippen molar-refractivity contribution in [3.05, 3.63) is 70.2 Å². The van der Waals surface area contributed by atoms with Crippen LogP contribution in [0.15, 0.2) is 48.5 Å². The number of benzene rings is 2. The molecule has 6 nitrogen and oxygen atoms in total. The molecule has 0 bridgehead atoms. The molecule has 1 fully saturated rings. The van der Waals surface area contributed by atoms with E-state index >= 15 is 0 Å². The van der Waals surface area contributed by atoms with E-state index in [2.05, 4.69) is 5.32 Å². The Morgan fingerprint density at radius 3 is 2.44 bits per heavy atom. The molecule has 7 heteroatoms. The largest absolute Gasteiger partial charge is 0.332 e. The summed E-state index contributed by atoms with van der Waals surface area (Å²) in [7, 11) is 0. The highest BCUT2D eigenvalue weighted by Gasteiger charge is 2.38. The average Bonchev–Trinajstić information content (AvgIpc) is 2.93. The Hall–Kier alpha value is -2.70. The van der Waals surface area contributed by atoms with Gasteiger partial charge in [-0.05, 0) is 29.8 Å². The van der Waals surface area contributed by atoms with Gasteiger partial charge in [-0.25, -0.2) is 0 Å². The summed E-state index contributed by atoms with van der Waals surface area (Å²) in [6.07, 6.45) is 0. The van der Waals surface area contributed by atoms with Gasteiger partial charge in [-0.15, -0.1) is 0 Å². The van der Waals surface area contributed by atoms with Gasteiger partial charge in [-0.1, -0.05) is 35.9 Å². The smallest absolute Gasteiger partial charge is 0.262 e. The lowest BCUT2D eigenvalue weighted by Gasteiger charge is -2.37. The highest BCUT2D eigenvalue weighted by molar-refractivity contribution is 6.30. The Kier molecular flexibility index (Phi) is 4.68. The van der Waals surface area contributed by atoms with Crippen LogP contribution in [0.5, 0.6) is 0 Å². The lowest BCUT2D eigenvalue weighted by Crippen LogP contribution is -2.52. The third-order valence-corrected chi connectivity index (χ3v) is 5.20. The van der Waals surface area contributed by atoms with Crippen molar-refractivity contribution in [2.24, 2.45) is 0 Å². The van der Waals surface area contributed by atoms with Crippen molar-refractivity contribution < 1.29 is 14.4 Å². The van der Waals surface area contributed by atoms with Crippen molar-refractivity contribution in [1.82, 2.24) is 15.1 Å². The normalized spacial score (nSPS) is 19.4. The van der Waals surface area contributed by atoms with Gasteiger partial charge in [0.2, 0.25) is 5.91 Å². The number of hydrogen-bond donors (Lipinski definition) is 1. The molecule has 2 aliphatic rings. The van der Waals surface area contributed by atoms with E-state index in [1.54, 1.807) is 35.2 Å². The predicted molar refractivity (Wildman–Crippen MR) is 101 cm³/mol. The summed E-state index contributed by atoms with van der Waals surface area (Å²) in [6, 6.07) is 13.8. The predicted octanol–water partition coefficient (Wildman–Crippen LogP) is 2.11. The van der Waals surface area contributed by atoms with Crippen molar-refractivity contribution >= 4 is 29.3 Å². The number of rotatable bonds is 3. The van der Waals surface area contributed by atoms with Gasteiger partial charge in [-0.3, -0.25) is 19.3 Å². The zero-order valence-corrected chi connectivity index (χ0v) is 15.3. The van der Waals surface area contributed by atoms with E-state index in [0.29, 0.717) is 35.8 Å². The second-order valence-electron chi connectivity index (χ2n) is 6.60. The number of hydrogen-bond acceptors (Lipinski definition) is 4. The lowest BCUT2D eigenvalue weighted by molar-refractivity contribution is -0.134. The van der Waals surface area contributed by atoms with Gasteiger partial charge in [0.05, 0.1) is 17.2 Å². The first-order valence-corrected chi connectivity index (χ1v) is 9.15. The van der Waals surface area contributed by atoms with Gasteiger partial charge < -0.3 is 10.2 Å². The third kappa shape index (κ3) is 3.22. The van der Waals surface area contributed by atoms with Crippen molar-refractivity contribution in [2.75, 3.05) is 26.2 Å². The topological polar surface area (TPSA) is 69.7 Å². The van der Waals surface area contributed by atoms with Crippen LogP contribution in [0.4, 0.5) is 0 Å². The molecule has 2 aromatic carbocycles. The molecule has 27 heavy (non-hydrogen) atoms. The van der Waals surface area contributed by atoms with Crippen LogP contribution in [0.2, 0.25) is 5.02 Å². The van der Waals surface area contributed by atoms with Gasteiger partial charge in [0, 0.05) is 24.7 Å². The molecule has 0 aliphatic carbocycles. The number of carbonyl (C=O) groups excluding carboxylic acids is 3. The van der Waals surface area contributed by atoms with Crippen LogP contribution >= 0.6 is 11.6 Å². The molecule has 0 saturated carbocycles. The molecule has 0 aromatic heterocycles.